The molecular weight excluding hydrogens is 298 g/mol. The van der Waals surface area contributed by atoms with Crippen LogP contribution in [-0.2, 0) is 11.3 Å². The van der Waals surface area contributed by atoms with Crippen molar-refractivity contribution in [2.75, 3.05) is 13.1 Å². The van der Waals surface area contributed by atoms with E-state index in [2.05, 4.69) is 17.0 Å². The average molecular weight is 316 g/mol. The fraction of sp³-hybridized carbons (Fsp3) is 0.278. The van der Waals surface area contributed by atoms with Crippen LogP contribution in [0, 0.1) is 5.92 Å². The zero-order valence-electron chi connectivity index (χ0n) is 12.2. The average Bonchev–Trinajstić information content (AvgIpc) is 2.92. The molecule has 2 atom stereocenters. The zero-order chi connectivity index (χ0) is 15.5. The number of carboxylic acids is 1. The summed E-state index contributed by atoms with van der Waals surface area (Å²) in [4.78, 5) is 13.8. The molecule has 0 amide bonds. The highest BCUT2D eigenvalue weighted by molar-refractivity contribution is 6.31. The molecule has 1 heterocycles. The van der Waals surface area contributed by atoms with Crippen LogP contribution in [0.5, 0.6) is 0 Å². The monoisotopic (exact) mass is 315 g/mol. The number of hydrogen-bond acceptors (Lipinski definition) is 2. The number of hydrogen-bond donors (Lipinski definition) is 1. The first-order valence-corrected chi connectivity index (χ1v) is 7.76. The largest absolute Gasteiger partial charge is 0.481 e. The maximum absolute atomic E-state index is 11.6. The van der Waals surface area contributed by atoms with Crippen molar-refractivity contribution in [2.24, 2.45) is 5.92 Å². The first-order chi connectivity index (χ1) is 10.6. The van der Waals surface area contributed by atoms with E-state index in [1.54, 1.807) is 0 Å². The summed E-state index contributed by atoms with van der Waals surface area (Å²) in [5.41, 5.74) is 2.14. The second-order valence-corrected chi connectivity index (χ2v) is 6.16. The minimum atomic E-state index is -0.750. The standard InChI is InChI=1S/C18H18ClNO2/c19-17-9-5-4-8-14(17)15-11-20(12-16(15)18(21)22)10-13-6-2-1-3-7-13/h1-9,15-16H,10-12H2,(H,21,22). The molecule has 0 radical (unpaired) electrons. The van der Waals surface area contributed by atoms with Gasteiger partial charge in [-0.25, -0.2) is 0 Å². The Labute approximate surface area is 135 Å². The van der Waals surface area contributed by atoms with Gasteiger partial charge in [-0.2, -0.15) is 0 Å². The molecule has 2 aromatic rings. The van der Waals surface area contributed by atoms with Crippen LogP contribution in [-0.4, -0.2) is 29.1 Å². The third-order valence-electron chi connectivity index (χ3n) is 4.27. The molecule has 22 heavy (non-hydrogen) atoms. The van der Waals surface area contributed by atoms with Gasteiger partial charge in [-0.1, -0.05) is 60.1 Å². The van der Waals surface area contributed by atoms with Crippen LogP contribution in [0.15, 0.2) is 54.6 Å². The highest BCUT2D eigenvalue weighted by Gasteiger charge is 2.39. The Morgan fingerprint density at radius 2 is 1.77 bits per heavy atom. The topological polar surface area (TPSA) is 40.5 Å². The molecule has 114 valence electrons. The Morgan fingerprint density at radius 3 is 2.45 bits per heavy atom. The Bertz CT molecular complexity index is 659. The maximum Gasteiger partial charge on any atom is 0.308 e. The number of likely N-dealkylation sites (tertiary alicyclic amines) is 1. The van der Waals surface area contributed by atoms with Crippen LogP contribution in [0.25, 0.3) is 0 Å². The first kappa shape index (κ1) is 15.1. The quantitative estimate of drug-likeness (QED) is 0.936. The number of rotatable bonds is 4. The summed E-state index contributed by atoms with van der Waals surface area (Å²) >= 11 is 6.27. The SMILES string of the molecule is O=C(O)C1CN(Cc2ccccc2)CC1c1ccccc1Cl. The molecule has 0 spiro atoms. The summed E-state index contributed by atoms with van der Waals surface area (Å²) in [5.74, 6) is -1.22. The van der Waals surface area contributed by atoms with Crippen LogP contribution in [0.4, 0.5) is 0 Å². The van der Waals surface area contributed by atoms with Gasteiger partial charge in [-0.3, -0.25) is 9.69 Å². The first-order valence-electron chi connectivity index (χ1n) is 7.38. The van der Waals surface area contributed by atoms with Gasteiger partial charge in [-0.05, 0) is 17.2 Å². The van der Waals surface area contributed by atoms with Gasteiger partial charge in [-0.15, -0.1) is 0 Å². The van der Waals surface area contributed by atoms with Gasteiger partial charge in [0.05, 0.1) is 5.92 Å². The van der Waals surface area contributed by atoms with E-state index in [0.717, 1.165) is 18.7 Å². The zero-order valence-corrected chi connectivity index (χ0v) is 12.9. The van der Waals surface area contributed by atoms with Gasteiger partial charge in [0.25, 0.3) is 0 Å². The van der Waals surface area contributed by atoms with Crippen molar-refractivity contribution in [2.45, 2.75) is 12.5 Å². The molecule has 0 aromatic heterocycles. The molecule has 2 aromatic carbocycles. The number of carboxylic acid groups (broad SMARTS) is 1. The van der Waals surface area contributed by atoms with Crippen LogP contribution in [0.1, 0.15) is 17.0 Å². The summed E-state index contributed by atoms with van der Waals surface area (Å²) in [6.07, 6.45) is 0. The normalized spacial score (nSPS) is 21.9. The van der Waals surface area contributed by atoms with E-state index in [9.17, 15) is 9.90 Å². The molecule has 0 aliphatic carbocycles. The van der Waals surface area contributed by atoms with Crippen LogP contribution < -0.4 is 0 Å². The van der Waals surface area contributed by atoms with E-state index >= 15 is 0 Å². The molecule has 3 nitrogen and oxygen atoms in total. The van der Waals surface area contributed by atoms with E-state index in [4.69, 9.17) is 11.6 Å². The van der Waals surface area contributed by atoms with Gasteiger partial charge in [0.2, 0.25) is 0 Å². The van der Waals surface area contributed by atoms with Crippen LogP contribution >= 0.6 is 11.6 Å². The minimum Gasteiger partial charge on any atom is -0.481 e. The third-order valence-corrected chi connectivity index (χ3v) is 4.61. The summed E-state index contributed by atoms with van der Waals surface area (Å²) in [7, 11) is 0. The molecule has 1 aliphatic heterocycles. The van der Waals surface area contributed by atoms with Crippen molar-refractivity contribution >= 4 is 17.6 Å². The van der Waals surface area contributed by atoms with Gasteiger partial charge < -0.3 is 5.11 Å². The van der Waals surface area contributed by atoms with Crippen molar-refractivity contribution in [3.8, 4) is 0 Å². The van der Waals surface area contributed by atoms with Gasteiger partial charge in [0, 0.05) is 30.6 Å². The van der Waals surface area contributed by atoms with Crippen LogP contribution in [0.2, 0.25) is 5.02 Å². The van der Waals surface area contributed by atoms with E-state index in [1.165, 1.54) is 5.56 Å². The van der Waals surface area contributed by atoms with Gasteiger partial charge in [0.15, 0.2) is 0 Å². The van der Waals surface area contributed by atoms with E-state index in [0.29, 0.717) is 11.6 Å². The lowest BCUT2D eigenvalue weighted by Gasteiger charge is -2.17. The number of aliphatic carboxylic acids is 1. The smallest absolute Gasteiger partial charge is 0.308 e. The Hall–Kier alpha value is -1.84. The second-order valence-electron chi connectivity index (χ2n) is 5.75. The lowest BCUT2D eigenvalue weighted by molar-refractivity contribution is -0.141. The molecule has 2 unspecified atom stereocenters. The summed E-state index contributed by atoms with van der Waals surface area (Å²) in [6, 6.07) is 17.7. The Balaban J connectivity index is 1.81. The second kappa shape index (κ2) is 6.51. The lowest BCUT2D eigenvalue weighted by Crippen LogP contribution is -2.23. The molecule has 1 N–H and O–H groups in total. The molecule has 1 aliphatic rings. The third kappa shape index (κ3) is 3.16. The number of halogens is 1. The predicted octanol–water partition coefficient (Wildman–Crippen LogP) is 3.64. The molecule has 0 saturated carbocycles. The summed E-state index contributed by atoms with van der Waals surface area (Å²) in [5, 5.41) is 10.2. The van der Waals surface area contributed by atoms with Gasteiger partial charge in [0.1, 0.15) is 0 Å². The van der Waals surface area contributed by atoms with E-state index < -0.39 is 11.9 Å². The Morgan fingerprint density at radius 1 is 1.09 bits per heavy atom. The number of nitrogens with zero attached hydrogens (tertiary/aromatic N) is 1. The highest BCUT2D eigenvalue weighted by atomic mass is 35.5. The minimum absolute atomic E-state index is 0.0603. The molecule has 0 bridgehead atoms. The van der Waals surface area contributed by atoms with Crippen molar-refractivity contribution in [1.82, 2.24) is 4.90 Å². The molecule has 3 rings (SSSR count). The van der Waals surface area contributed by atoms with Crippen molar-refractivity contribution in [3.63, 3.8) is 0 Å². The number of carbonyl (C=O) groups is 1. The molecule has 4 heteroatoms. The highest BCUT2D eigenvalue weighted by Crippen LogP contribution is 2.36. The predicted molar refractivity (Wildman–Crippen MR) is 87.0 cm³/mol. The van der Waals surface area contributed by atoms with E-state index in [1.807, 2.05) is 42.5 Å². The van der Waals surface area contributed by atoms with Crippen LogP contribution in [0.3, 0.4) is 0 Å². The van der Waals surface area contributed by atoms with E-state index in [-0.39, 0.29) is 5.92 Å². The van der Waals surface area contributed by atoms with Crippen molar-refractivity contribution in [1.29, 1.82) is 0 Å². The van der Waals surface area contributed by atoms with Crippen molar-refractivity contribution < 1.29 is 9.90 Å². The molecule has 1 fully saturated rings. The maximum atomic E-state index is 11.6. The van der Waals surface area contributed by atoms with Crippen molar-refractivity contribution in [3.05, 3.63) is 70.7 Å². The molecule has 1 saturated heterocycles. The number of benzene rings is 2. The van der Waals surface area contributed by atoms with Gasteiger partial charge >= 0.3 is 5.97 Å². The summed E-state index contributed by atoms with van der Waals surface area (Å²) < 4.78 is 0. The Kier molecular flexibility index (Phi) is 4.46. The fourth-order valence-corrected chi connectivity index (χ4v) is 3.47. The fourth-order valence-electron chi connectivity index (χ4n) is 3.20. The summed E-state index contributed by atoms with van der Waals surface area (Å²) in [6.45, 7) is 2.04. The molecular formula is C18H18ClNO2. The lowest BCUT2D eigenvalue weighted by atomic mass is 9.89.